The van der Waals surface area contributed by atoms with Crippen LogP contribution in [0.3, 0.4) is 0 Å². The average Bonchev–Trinajstić information content (AvgIpc) is 2.39. The fourth-order valence-corrected chi connectivity index (χ4v) is 1.59. The van der Waals surface area contributed by atoms with Crippen LogP contribution < -0.4 is 10.6 Å². The molecule has 5 nitrogen and oxygen atoms in total. The number of ether oxygens (including phenoxy) is 1. The summed E-state index contributed by atoms with van der Waals surface area (Å²) >= 11 is 0. The van der Waals surface area contributed by atoms with Gasteiger partial charge in [-0.05, 0) is 18.6 Å². The summed E-state index contributed by atoms with van der Waals surface area (Å²) in [6, 6.07) is 6.96. The van der Waals surface area contributed by atoms with Crippen LogP contribution in [0.1, 0.15) is 30.1 Å². The lowest BCUT2D eigenvalue weighted by Gasteiger charge is -2.11. The molecule has 0 spiro atoms. The molecule has 0 atom stereocenters. The summed E-state index contributed by atoms with van der Waals surface area (Å²) in [5.41, 5.74) is 0.999. The molecule has 19 heavy (non-hydrogen) atoms. The van der Waals surface area contributed by atoms with E-state index in [2.05, 4.69) is 10.6 Å². The van der Waals surface area contributed by atoms with E-state index in [0.717, 1.165) is 6.42 Å². The predicted molar refractivity (Wildman–Crippen MR) is 74.2 cm³/mol. The molecule has 0 saturated carbocycles. The zero-order valence-electron chi connectivity index (χ0n) is 11.4. The van der Waals surface area contributed by atoms with E-state index in [1.165, 1.54) is 0 Å². The van der Waals surface area contributed by atoms with E-state index in [0.29, 0.717) is 30.8 Å². The van der Waals surface area contributed by atoms with Crippen LogP contribution in [0.25, 0.3) is 0 Å². The number of benzene rings is 1. The van der Waals surface area contributed by atoms with Crippen LogP contribution >= 0.6 is 0 Å². The summed E-state index contributed by atoms with van der Waals surface area (Å²) < 4.78 is 4.87. The number of hydrogen-bond acceptors (Lipinski definition) is 3. The van der Waals surface area contributed by atoms with Crippen molar-refractivity contribution in [2.45, 2.75) is 19.8 Å². The van der Waals surface area contributed by atoms with Crippen LogP contribution in [0.5, 0.6) is 0 Å². The highest BCUT2D eigenvalue weighted by Gasteiger charge is 2.11. The van der Waals surface area contributed by atoms with Gasteiger partial charge >= 0.3 is 0 Å². The normalized spacial score (nSPS) is 10.0. The zero-order valence-corrected chi connectivity index (χ0v) is 11.4. The fourth-order valence-electron chi connectivity index (χ4n) is 1.59. The van der Waals surface area contributed by atoms with Gasteiger partial charge in [0, 0.05) is 20.1 Å². The lowest BCUT2D eigenvalue weighted by Crippen LogP contribution is -2.28. The Balaban J connectivity index is 2.72. The van der Waals surface area contributed by atoms with Crippen molar-refractivity contribution < 1.29 is 14.3 Å². The summed E-state index contributed by atoms with van der Waals surface area (Å²) in [4.78, 5) is 23.5. The number of carbonyl (C=O) groups is 2. The third kappa shape index (κ3) is 5.09. The van der Waals surface area contributed by atoms with Gasteiger partial charge in [0.1, 0.15) is 0 Å². The molecule has 1 aromatic carbocycles. The SMILES string of the molecule is CCCC(=O)Nc1ccccc1C(=O)NCCOC. The Hall–Kier alpha value is -1.88. The number of hydrogen-bond donors (Lipinski definition) is 2. The van der Waals surface area contributed by atoms with Crippen molar-refractivity contribution in [2.75, 3.05) is 25.6 Å². The molecule has 2 amide bonds. The minimum Gasteiger partial charge on any atom is -0.383 e. The van der Waals surface area contributed by atoms with Gasteiger partial charge in [-0.15, -0.1) is 0 Å². The van der Waals surface area contributed by atoms with Crippen LogP contribution in [-0.4, -0.2) is 32.1 Å². The molecule has 0 saturated heterocycles. The number of para-hydroxylation sites is 1. The maximum Gasteiger partial charge on any atom is 0.253 e. The van der Waals surface area contributed by atoms with Gasteiger partial charge in [0.25, 0.3) is 5.91 Å². The fraction of sp³-hybridized carbons (Fsp3) is 0.429. The molecule has 0 heterocycles. The summed E-state index contributed by atoms with van der Waals surface area (Å²) in [6.45, 7) is 2.83. The van der Waals surface area contributed by atoms with Crippen molar-refractivity contribution in [2.24, 2.45) is 0 Å². The highest BCUT2D eigenvalue weighted by atomic mass is 16.5. The molecule has 0 fully saturated rings. The van der Waals surface area contributed by atoms with Crippen LogP contribution in [-0.2, 0) is 9.53 Å². The van der Waals surface area contributed by atoms with Crippen molar-refractivity contribution in [1.82, 2.24) is 5.32 Å². The minimum absolute atomic E-state index is 0.0837. The van der Waals surface area contributed by atoms with Crippen molar-refractivity contribution in [3.8, 4) is 0 Å². The summed E-state index contributed by atoms with van der Waals surface area (Å²) in [5, 5.41) is 5.48. The van der Waals surface area contributed by atoms with Gasteiger partial charge in [-0.2, -0.15) is 0 Å². The molecule has 0 bridgehead atoms. The van der Waals surface area contributed by atoms with Crippen molar-refractivity contribution in [1.29, 1.82) is 0 Å². The van der Waals surface area contributed by atoms with Gasteiger partial charge in [0.2, 0.25) is 5.91 Å². The predicted octanol–water partition coefficient (Wildman–Crippen LogP) is 1.80. The van der Waals surface area contributed by atoms with Gasteiger partial charge in [0.15, 0.2) is 0 Å². The minimum atomic E-state index is -0.218. The van der Waals surface area contributed by atoms with Crippen molar-refractivity contribution in [3.63, 3.8) is 0 Å². The molecule has 0 radical (unpaired) electrons. The van der Waals surface area contributed by atoms with Gasteiger partial charge in [-0.25, -0.2) is 0 Å². The third-order valence-electron chi connectivity index (χ3n) is 2.51. The molecule has 2 N–H and O–H groups in total. The average molecular weight is 264 g/mol. The smallest absolute Gasteiger partial charge is 0.253 e. The molecule has 1 aromatic rings. The van der Waals surface area contributed by atoms with Crippen LogP contribution in [0.2, 0.25) is 0 Å². The molecule has 0 aliphatic carbocycles. The van der Waals surface area contributed by atoms with Crippen molar-refractivity contribution >= 4 is 17.5 Å². The Kier molecular flexibility index (Phi) is 6.60. The maximum absolute atomic E-state index is 12.0. The molecule has 104 valence electrons. The second kappa shape index (κ2) is 8.26. The molecular weight excluding hydrogens is 244 g/mol. The molecule has 0 aliphatic rings. The lowest BCUT2D eigenvalue weighted by molar-refractivity contribution is -0.116. The van der Waals surface area contributed by atoms with E-state index in [4.69, 9.17) is 4.74 Å². The Bertz CT molecular complexity index is 432. The highest BCUT2D eigenvalue weighted by molar-refractivity contribution is 6.03. The van der Waals surface area contributed by atoms with E-state index >= 15 is 0 Å². The summed E-state index contributed by atoms with van der Waals surface area (Å²) in [7, 11) is 1.57. The topological polar surface area (TPSA) is 67.4 Å². The molecule has 1 rings (SSSR count). The van der Waals surface area contributed by atoms with Gasteiger partial charge in [-0.1, -0.05) is 19.1 Å². The Labute approximate surface area is 113 Å². The molecule has 0 aromatic heterocycles. The van der Waals surface area contributed by atoms with Crippen LogP contribution in [0.15, 0.2) is 24.3 Å². The van der Waals surface area contributed by atoms with Crippen molar-refractivity contribution in [3.05, 3.63) is 29.8 Å². The number of rotatable bonds is 7. The second-order valence-corrected chi connectivity index (χ2v) is 4.09. The quantitative estimate of drug-likeness (QED) is 0.738. The molecular formula is C14H20N2O3. The first-order valence-electron chi connectivity index (χ1n) is 6.35. The first-order valence-corrected chi connectivity index (χ1v) is 6.35. The van der Waals surface area contributed by atoms with Gasteiger partial charge in [-0.3, -0.25) is 9.59 Å². The largest absolute Gasteiger partial charge is 0.383 e. The zero-order chi connectivity index (χ0) is 14.1. The first-order chi connectivity index (χ1) is 9.19. The van der Waals surface area contributed by atoms with E-state index in [1.807, 2.05) is 6.92 Å². The number of nitrogens with one attached hydrogen (secondary N) is 2. The summed E-state index contributed by atoms with van der Waals surface area (Å²) in [5.74, 6) is -0.302. The maximum atomic E-state index is 12.0. The Morgan fingerprint density at radius 1 is 1.26 bits per heavy atom. The Morgan fingerprint density at radius 2 is 2.00 bits per heavy atom. The first kappa shape index (κ1) is 15.2. The number of methoxy groups -OCH3 is 1. The second-order valence-electron chi connectivity index (χ2n) is 4.09. The van der Waals surface area contributed by atoms with Gasteiger partial charge in [0.05, 0.1) is 17.9 Å². The van der Waals surface area contributed by atoms with E-state index in [9.17, 15) is 9.59 Å². The monoisotopic (exact) mass is 264 g/mol. The Morgan fingerprint density at radius 3 is 2.68 bits per heavy atom. The van der Waals surface area contributed by atoms with Gasteiger partial charge < -0.3 is 15.4 Å². The molecule has 0 unspecified atom stereocenters. The standard InChI is InChI=1S/C14H20N2O3/c1-3-6-13(17)16-12-8-5-4-7-11(12)14(18)15-9-10-19-2/h4-5,7-8H,3,6,9-10H2,1-2H3,(H,15,18)(H,16,17). The molecule has 5 heteroatoms. The summed E-state index contributed by atoms with van der Waals surface area (Å²) in [6.07, 6.45) is 1.22. The van der Waals surface area contributed by atoms with E-state index in [1.54, 1.807) is 31.4 Å². The van der Waals surface area contributed by atoms with E-state index < -0.39 is 0 Å². The number of amides is 2. The number of anilines is 1. The number of carbonyl (C=O) groups excluding carboxylic acids is 2. The lowest BCUT2D eigenvalue weighted by atomic mass is 10.1. The molecule has 0 aliphatic heterocycles. The van der Waals surface area contributed by atoms with Crippen LogP contribution in [0, 0.1) is 0 Å². The van der Waals surface area contributed by atoms with E-state index in [-0.39, 0.29) is 11.8 Å². The third-order valence-corrected chi connectivity index (χ3v) is 2.51. The highest BCUT2D eigenvalue weighted by Crippen LogP contribution is 2.15. The van der Waals surface area contributed by atoms with Crippen LogP contribution in [0.4, 0.5) is 5.69 Å².